The lowest BCUT2D eigenvalue weighted by molar-refractivity contribution is 0.353. The van der Waals surface area contributed by atoms with Crippen molar-refractivity contribution < 1.29 is 3.79 Å². The Morgan fingerprint density at radius 1 is 0.944 bits per heavy atom. The largest absolute Gasteiger partial charge is 0.498 e. The van der Waals surface area contributed by atoms with Crippen LogP contribution in [-0.4, -0.2) is 21.1 Å². The third-order valence-corrected chi connectivity index (χ3v) is 6.64. The van der Waals surface area contributed by atoms with E-state index in [4.69, 9.17) is 3.79 Å². The molecule has 0 aliphatic rings. The number of hydrogen-bond acceptors (Lipinski definition) is 1. The van der Waals surface area contributed by atoms with Gasteiger partial charge in [-0.3, -0.25) is 0 Å². The van der Waals surface area contributed by atoms with Crippen LogP contribution in [0.3, 0.4) is 0 Å². The van der Waals surface area contributed by atoms with E-state index in [0.717, 1.165) is 18.4 Å². The standard InChI is InChI=1S/C8H15O.2C4H9.Al/c1-2-3-4-5-6-7-8-9;2*1-4(2)3;/h6-7H,2-5,8H2,1H3;2*4H,1H2,2-3H3;/q-1;;;+1/b7-6+;;;. The molecule has 0 atom stereocenters. The van der Waals surface area contributed by atoms with E-state index < -0.39 is 14.5 Å². The third kappa shape index (κ3) is 12.7. The second kappa shape index (κ2) is 12.3. The SMILES string of the molecule is CCCCC/C=C/C[O][Al]([CH2]C(C)C)[CH2]C(C)C. The van der Waals surface area contributed by atoms with E-state index >= 15 is 0 Å². The van der Waals surface area contributed by atoms with E-state index in [0.29, 0.717) is 0 Å². The first-order valence-corrected chi connectivity index (χ1v) is 9.93. The number of allylic oxidation sites excluding steroid dienone is 1. The fourth-order valence-corrected chi connectivity index (χ4v) is 5.12. The predicted molar refractivity (Wildman–Crippen MR) is 84.3 cm³/mol. The molecule has 0 saturated heterocycles. The molecule has 0 unspecified atom stereocenters. The first kappa shape index (κ1) is 18.2. The molecule has 0 aromatic rings. The molecule has 0 rings (SSSR count). The number of hydrogen-bond donors (Lipinski definition) is 0. The molecule has 106 valence electrons. The molecule has 0 aliphatic carbocycles. The van der Waals surface area contributed by atoms with Crippen LogP contribution in [0.15, 0.2) is 12.2 Å². The zero-order chi connectivity index (χ0) is 13.8. The van der Waals surface area contributed by atoms with E-state index in [1.54, 1.807) is 0 Å². The highest BCUT2D eigenvalue weighted by molar-refractivity contribution is 6.51. The number of rotatable bonds is 11. The summed E-state index contributed by atoms with van der Waals surface area (Å²) >= 11 is -0.966. The summed E-state index contributed by atoms with van der Waals surface area (Å²) in [5, 5.41) is 2.64. The lowest BCUT2D eigenvalue weighted by Crippen LogP contribution is -2.22. The summed E-state index contributed by atoms with van der Waals surface area (Å²) < 4.78 is 6.12. The minimum absolute atomic E-state index is 0.786. The molecule has 0 N–H and O–H groups in total. The van der Waals surface area contributed by atoms with Gasteiger partial charge in [0.25, 0.3) is 0 Å². The van der Waals surface area contributed by atoms with Crippen LogP contribution < -0.4 is 0 Å². The van der Waals surface area contributed by atoms with Gasteiger partial charge >= 0.3 is 14.5 Å². The van der Waals surface area contributed by atoms with Gasteiger partial charge in [0.15, 0.2) is 0 Å². The summed E-state index contributed by atoms with van der Waals surface area (Å²) in [4.78, 5) is 0. The highest BCUT2D eigenvalue weighted by atomic mass is 27.2. The summed E-state index contributed by atoms with van der Waals surface area (Å²) in [6.07, 6.45) is 9.73. The third-order valence-electron chi connectivity index (χ3n) is 3.04. The topological polar surface area (TPSA) is 9.23 Å². The van der Waals surface area contributed by atoms with Crippen molar-refractivity contribution in [1.82, 2.24) is 0 Å². The molecular formula is C16H33AlO. The Kier molecular flexibility index (Phi) is 12.4. The van der Waals surface area contributed by atoms with Gasteiger partial charge in [0.05, 0.1) is 0 Å². The lowest BCUT2D eigenvalue weighted by Gasteiger charge is -2.15. The number of unbranched alkanes of at least 4 members (excludes halogenated alkanes) is 3. The van der Waals surface area contributed by atoms with Crippen LogP contribution >= 0.6 is 0 Å². The van der Waals surface area contributed by atoms with Gasteiger partial charge in [-0.25, -0.2) is 0 Å². The monoisotopic (exact) mass is 268 g/mol. The molecule has 0 aromatic carbocycles. The van der Waals surface area contributed by atoms with Crippen molar-refractivity contribution in [3.05, 3.63) is 12.2 Å². The van der Waals surface area contributed by atoms with Gasteiger partial charge in [-0.15, -0.1) is 0 Å². The molecule has 18 heavy (non-hydrogen) atoms. The quantitative estimate of drug-likeness (QED) is 0.275. The van der Waals surface area contributed by atoms with E-state index in [1.165, 1.54) is 36.2 Å². The van der Waals surface area contributed by atoms with Crippen molar-refractivity contribution in [2.75, 3.05) is 6.61 Å². The molecule has 0 aromatic heterocycles. The zero-order valence-corrected chi connectivity index (χ0v) is 14.4. The Balaban J connectivity index is 3.74. The summed E-state index contributed by atoms with van der Waals surface area (Å²) in [6.45, 7) is 12.3. The highest BCUT2D eigenvalue weighted by Gasteiger charge is 2.22. The maximum Gasteiger partial charge on any atom is 0.461 e. The smallest absolute Gasteiger partial charge is 0.461 e. The van der Waals surface area contributed by atoms with E-state index in [2.05, 4.69) is 46.8 Å². The minimum atomic E-state index is -0.966. The summed E-state index contributed by atoms with van der Waals surface area (Å²) in [5.74, 6) is 1.57. The van der Waals surface area contributed by atoms with Crippen LogP contribution in [0, 0.1) is 11.8 Å². The van der Waals surface area contributed by atoms with E-state index in [1.807, 2.05) is 0 Å². The molecule has 0 radical (unpaired) electrons. The van der Waals surface area contributed by atoms with Crippen molar-refractivity contribution in [2.24, 2.45) is 11.8 Å². The van der Waals surface area contributed by atoms with Gasteiger partial charge in [-0.1, -0.05) is 82.0 Å². The maximum absolute atomic E-state index is 6.12. The summed E-state index contributed by atoms with van der Waals surface area (Å²) in [5.41, 5.74) is 0. The predicted octanol–water partition coefficient (Wildman–Crippen LogP) is 5.44. The Morgan fingerprint density at radius 3 is 2.06 bits per heavy atom. The summed E-state index contributed by atoms with van der Waals surface area (Å²) in [6, 6.07) is 0. The van der Waals surface area contributed by atoms with Crippen LogP contribution in [0.1, 0.15) is 60.3 Å². The van der Waals surface area contributed by atoms with Crippen LogP contribution in [-0.2, 0) is 3.79 Å². The molecular weight excluding hydrogens is 235 g/mol. The van der Waals surface area contributed by atoms with Crippen molar-refractivity contribution in [1.29, 1.82) is 0 Å². The Bertz CT molecular complexity index is 189. The van der Waals surface area contributed by atoms with Crippen LogP contribution in [0.2, 0.25) is 10.6 Å². The molecule has 1 nitrogen and oxygen atoms in total. The maximum atomic E-state index is 6.12. The molecule has 0 amide bonds. The van der Waals surface area contributed by atoms with E-state index in [9.17, 15) is 0 Å². The van der Waals surface area contributed by atoms with Crippen LogP contribution in [0.4, 0.5) is 0 Å². The molecule has 0 bridgehead atoms. The second-order valence-electron chi connectivity index (χ2n) is 6.18. The molecule has 0 aliphatic heterocycles. The Labute approximate surface area is 120 Å². The van der Waals surface area contributed by atoms with Gasteiger partial charge < -0.3 is 3.79 Å². The molecule has 0 saturated carbocycles. The minimum Gasteiger partial charge on any atom is -0.498 e. The molecule has 2 heteroatoms. The van der Waals surface area contributed by atoms with E-state index in [-0.39, 0.29) is 0 Å². The average molecular weight is 268 g/mol. The Morgan fingerprint density at radius 2 is 1.56 bits per heavy atom. The normalized spacial score (nSPS) is 11.9. The summed E-state index contributed by atoms with van der Waals surface area (Å²) in [7, 11) is 0. The molecule has 0 spiro atoms. The fourth-order valence-electron chi connectivity index (χ4n) is 2.17. The first-order valence-electron chi connectivity index (χ1n) is 7.82. The van der Waals surface area contributed by atoms with Crippen molar-refractivity contribution in [2.45, 2.75) is 70.9 Å². The average Bonchev–Trinajstić information content (AvgIpc) is 2.26. The Hall–Kier alpha value is 0.232. The molecule has 0 fully saturated rings. The van der Waals surface area contributed by atoms with Gasteiger partial charge in [0, 0.05) is 6.61 Å². The lowest BCUT2D eigenvalue weighted by atomic mass is 10.2. The molecule has 0 heterocycles. The second-order valence-corrected chi connectivity index (χ2v) is 8.70. The van der Waals surface area contributed by atoms with Crippen LogP contribution in [0.5, 0.6) is 0 Å². The van der Waals surface area contributed by atoms with Gasteiger partial charge in [0.2, 0.25) is 0 Å². The fraction of sp³-hybridized carbons (Fsp3) is 0.875. The van der Waals surface area contributed by atoms with Crippen molar-refractivity contribution >= 4 is 14.5 Å². The van der Waals surface area contributed by atoms with Gasteiger partial charge in [0.1, 0.15) is 0 Å². The first-order chi connectivity index (χ1) is 8.56. The van der Waals surface area contributed by atoms with Crippen LogP contribution in [0.25, 0.3) is 0 Å². The van der Waals surface area contributed by atoms with Gasteiger partial charge in [-0.2, -0.15) is 0 Å². The van der Waals surface area contributed by atoms with Crippen molar-refractivity contribution in [3.8, 4) is 0 Å². The van der Waals surface area contributed by atoms with Crippen molar-refractivity contribution in [3.63, 3.8) is 0 Å². The van der Waals surface area contributed by atoms with Gasteiger partial charge in [-0.05, 0) is 12.8 Å². The highest BCUT2D eigenvalue weighted by Crippen LogP contribution is 2.15. The zero-order valence-electron chi connectivity index (χ0n) is 13.2.